The third kappa shape index (κ3) is 4.37. The molecule has 1 unspecified atom stereocenters. The summed E-state index contributed by atoms with van der Waals surface area (Å²) >= 11 is 0. The van der Waals surface area contributed by atoms with Crippen LogP contribution in [0.2, 0.25) is 0 Å². The van der Waals surface area contributed by atoms with E-state index in [1.165, 1.54) is 31.7 Å². The minimum absolute atomic E-state index is 0.191. The van der Waals surface area contributed by atoms with Crippen molar-refractivity contribution < 1.29 is 23.9 Å². The number of amides is 2. The molecule has 1 aliphatic heterocycles. The van der Waals surface area contributed by atoms with Gasteiger partial charge in [-0.25, -0.2) is 9.69 Å². The average molecular weight is 409 g/mol. The third-order valence-corrected chi connectivity index (χ3v) is 5.22. The predicted molar refractivity (Wildman–Crippen MR) is 114 cm³/mol. The Morgan fingerprint density at radius 2 is 1.73 bits per heavy atom. The zero-order valence-corrected chi connectivity index (χ0v) is 17.6. The first-order valence-electron chi connectivity index (χ1n) is 10.3. The zero-order valence-electron chi connectivity index (χ0n) is 17.6. The van der Waals surface area contributed by atoms with Crippen LogP contribution < -0.4 is 9.64 Å². The maximum Gasteiger partial charge on any atom is 0.338 e. The van der Waals surface area contributed by atoms with Crippen LogP contribution in [0.1, 0.15) is 77.0 Å². The summed E-state index contributed by atoms with van der Waals surface area (Å²) in [4.78, 5) is 39.4. The highest BCUT2D eigenvalue weighted by atomic mass is 16.5. The van der Waals surface area contributed by atoms with E-state index in [1.54, 1.807) is 24.3 Å². The SMILES string of the molecule is CCCCCCC(C)OC(=O)c1ccc2c(c1)C(=O)N(c1ccccc1OC)C2=O. The highest BCUT2D eigenvalue weighted by molar-refractivity contribution is 6.35. The van der Waals surface area contributed by atoms with Gasteiger partial charge >= 0.3 is 5.97 Å². The summed E-state index contributed by atoms with van der Waals surface area (Å²) in [5, 5.41) is 0. The first-order valence-corrected chi connectivity index (χ1v) is 10.3. The number of carbonyl (C=O) groups is 3. The van der Waals surface area contributed by atoms with Crippen LogP contribution in [0.5, 0.6) is 5.75 Å². The van der Waals surface area contributed by atoms with Crippen molar-refractivity contribution >= 4 is 23.5 Å². The fourth-order valence-electron chi connectivity index (χ4n) is 3.57. The van der Waals surface area contributed by atoms with Crippen LogP contribution in [0, 0.1) is 0 Å². The van der Waals surface area contributed by atoms with E-state index in [0.29, 0.717) is 11.4 Å². The molecule has 0 saturated carbocycles. The molecular weight excluding hydrogens is 382 g/mol. The van der Waals surface area contributed by atoms with Gasteiger partial charge in [0.2, 0.25) is 0 Å². The number of nitrogens with zero attached hydrogens (tertiary/aromatic N) is 1. The summed E-state index contributed by atoms with van der Waals surface area (Å²) in [5.41, 5.74) is 1.08. The smallest absolute Gasteiger partial charge is 0.338 e. The maximum absolute atomic E-state index is 13.0. The van der Waals surface area contributed by atoms with Crippen LogP contribution in [0.15, 0.2) is 42.5 Å². The number of ether oxygens (including phenoxy) is 2. The molecule has 0 bridgehead atoms. The standard InChI is InChI=1S/C24H27NO5/c1-4-5-6-7-10-16(2)30-24(28)17-13-14-18-19(15-17)23(27)25(22(18)26)20-11-8-9-12-21(20)29-3/h8-9,11-16H,4-7,10H2,1-3H3. The first kappa shape index (κ1) is 21.6. The van der Waals surface area contributed by atoms with Crippen molar-refractivity contribution in [2.24, 2.45) is 0 Å². The van der Waals surface area contributed by atoms with Gasteiger partial charge in [-0.2, -0.15) is 0 Å². The van der Waals surface area contributed by atoms with Gasteiger partial charge in [0.05, 0.1) is 35.6 Å². The quantitative estimate of drug-likeness (QED) is 0.331. The van der Waals surface area contributed by atoms with Crippen molar-refractivity contribution in [3.8, 4) is 5.75 Å². The number of rotatable bonds is 9. The number of anilines is 1. The van der Waals surface area contributed by atoms with Crippen molar-refractivity contribution in [3.05, 3.63) is 59.2 Å². The van der Waals surface area contributed by atoms with E-state index in [2.05, 4.69) is 6.92 Å². The third-order valence-electron chi connectivity index (χ3n) is 5.22. The summed E-state index contributed by atoms with van der Waals surface area (Å²) < 4.78 is 10.8. The molecule has 2 aromatic rings. The summed E-state index contributed by atoms with van der Waals surface area (Å²) in [7, 11) is 1.48. The number of methoxy groups -OCH3 is 1. The number of para-hydroxylation sites is 2. The lowest BCUT2D eigenvalue weighted by Gasteiger charge is -2.16. The maximum atomic E-state index is 13.0. The number of unbranched alkanes of at least 4 members (excludes halogenated alkanes) is 3. The molecule has 0 N–H and O–H groups in total. The van der Waals surface area contributed by atoms with Crippen molar-refractivity contribution in [1.29, 1.82) is 0 Å². The summed E-state index contributed by atoms with van der Waals surface area (Å²) in [5.74, 6) is -0.995. The lowest BCUT2D eigenvalue weighted by Crippen LogP contribution is -2.29. The molecule has 1 aliphatic rings. The van der Waals surface area contributed by atoms with E-state index in [4.69, 9.17) is 9.47 Å². The topological polar surface area (TPSA) is 72.9 Å². The predicted octanol–water partition coefficient (Wildman–Crippen LogP) is 5.01. The summed E-state index contributed by atoms with van der Waals surface area (Å²) in [6, 6.07) is 11.3. The van der Waals surface area contributed by atoms with E-state index in [9.17, 15) is 14.4 Å². The van der Waals surface area contributed by atoms with Gasteiger partial charge in [-0.1, -0.05) is 38.3 Å². The van der Waals surface area contributed by atoms with Gasteiger partial charge in [0.1, 0.15) is 5.75 Å². The molecule has 0 fully saturated rings. The molecule has 30 heavy (non-hydrogen) atoms. The van der Waals surface area contributed by atoms with E-state index in [-0.39, 0.29) is 22.8 Å². The molecule has 3 rings (SSSR count). The number of hydrogen-bond acceptors (Lipinski definition) is 5. The van der Waals surface area contributed by atoms with E-state index in [1.807, 2.05) is 6.92 Å². The van der Waals surface area contributed by atoms with E-state index < -0.39 is 17.8 Å². The Kier molecular flexibility index (Phi) is 6.87. The lowest BCUT2D eigenvalue weighted by atomic mass is 10.1. The van der Waals surface area contributed by atoms with Gasteiger partial charge in [0.25, 0.3) is 11.8 Å². The van der Waals surface area contributed by atoms with Gasteiger partial charge in [-0.15, -0.1) is 0 Å². The Labute approximate surface area is 176 Å². The van der Waals surface area contributed by atoms with Crippen LogP contribution in [0.4, 0.5) is 5.69 Å². The van der Waals surface area contributed by atoms with Gasteiger partial charge in [0, 0.05) is 0 Å². The van der Waals surface area contributed by atoms with Crippen LogP contribution >= 0.6 is 0 Å². The number of esters is 1. The largest absolute Gasteiger partial charge is 0.495 e. The molecule has 6 heteroatoms. The Balaban J connectivity index is 1.76. The molecule has 0 aliphatic carbocycles. The number of carbonyl (C=O) groups excluding carboxylic acids is 3. The van der Waals surface area contributed by atoms with Gasteiger partial charge < -0.3 is 9.47 Å². The summed E-state index contributed by atoms with van der Waals surface area (Å²) in [6.07, 6.45) is 5.05. The lowest BCUT2D eigenvalue weighted by molar-refractivity contribution is 0.0319. The fraction of sp³-hybridized carbons (Fsp3) is 0.375. The number of fused-ring (bicyclic) bond motifs is 1. The van der Waals surface area contributed by atoms with Crippen molar-refractivity contribution in [3.63, 3.8) is 0 Å². The van der Waals surface area contributed by atoms with Gasteiger partial charge in [0.15, 0.2) is 0 Å². The van der Waals surface area contributed by atoms with Crippen LogP contribution in [-0.2, 0) is 4.74 Å². The van der Waals surface area contributed by atoms with Gasteiger partial charge in [-0.05, 0) is 50.1 Å². The fourth-order valence-corrected chi connectivity index (χ4v) is 3.57. The second kappa shape index (κ2) is 9.57. The van der Waals surface area contributed by atoms with Crippen molar-refractivity contribution in [2.75, 3.05) is 12.0 Å². The van der Waals surface area contributed by atoms with Gasteiger partial charge in [-0.3, -0.25) is 9.59 Å². The molecule has 0 spiro atoms. The molecule has 0 saturated heterocycles. The second-order valence-electron chi connectivity index (χ2n) is 7.44. The Morgan fingerprint density at radius 1 is 1.00 bits per heavy atom. The second-order valence-corrected chi connectivity index (χ2v) is 7.44. The number of benzene rings is 2. The minimum Gasteiger partial charge on any atom is -0.495 e. The highest BCUT2D eigenvalue weighted by Gasteiger charge is 2.38. The molecule has 158 valence electrons. The van der Waals surface area contributed by atoms with Crippen molar-refractivity contribution in [2.45, 2.75) is 52.1 Å². The molecule has 6 nitrogen and oxygen atoms in total. The molecule has 1 atom stereocenters. The molecular formula is C24H27NO5. The van der Waals surface area contributed by atoms with E-state index in [0.717, 1.165) is 30.6 Å². The monoisotopic (exact) mass is 409 g/mol. The van der Waals surface area contributed by atoms with Crippen LogP contribution in [0.3, 0.4) is 0 Å². The average Bonchev–Trinajstić information content (AvgIpc) is 3.00. The van der Waals surface area contributed by atoms with E-state index >= 15 is 0 Å². The Hall–Kier alpha value is -3.15. The molecule has 1 heterocycles. The molecule has 0 aromatic heterocycles. The zero-order chi connectivity index (χ0) is 21.7. The number of hydrogen-bond donors (Lipinski definition) is 0. The van der Waals surface area contributed by atoms with Crippen LogP contribution in [0.25, 0.3) is 0 Å². The Bertz CT molecular complexity index is 952. The molecule has 2 aromatic carbocycles. The summed E-state index contributed by atoms with van der Waals surface area (Å²) in [6.45, 7) is 4.02. The van der Waals surface area contributed by atoms with Crippen molar-refractivity contribution in [1.82, 2.24) is 0 Å². The number of imide groups is 1. The minimum atomic E-state index is -0.489. The normalized spacial score (nSPS) is 13.9. The molecule has 2 amide bonds. The Morgan fingerprint density at radius 3 is 2.47 bits per heavy atom. The first-order chi connectivity index (χ1) is 14.5. The van der Waals surface area contributed by atoms with Crippen LogP contribution in [-0.4, -0.2) is 31.0 Å². The highest BCUT2D eigenvalue weighted by Crippen LogP contribution is 2.35. The molecule has 0 radical (unpaired) electrons.